The first kappa shape index (κ1) is 33.1. The zero-order valence-electron chi connectivity index (χ0n) is 24.9. The van der Waals surface area contributed by atoms with Crippen molar-refractivity contribution >= 4 is 11.7 Å². The molecule has 1 saturated heterocycles. The van der Waals surface area contributed by atoms with Crippen molar-refractivity contribution in [3.8, 4) is 11.8 Å². The standard InChI is InChI=1S/C26H32N2O3.C4H10O.C2H6/c1-19-22(11-8-16-31-18-21-9-6-5-7-10-21)25(23(17-24(29)30)20(2)27-19)28-14-12-26(3,4)13-15-28;1-4(2,3)5;1-2/h5-7,9-10H,12-18H2,1-4H3,(H,29,30);5H,1-3H3;1-2H3. The Bertz CT molecular complexity index is 1060. The predicted molar refractivity (Wildman–Crippen MR) is 157 cm³/mol. The van der Waals surface area contributed by atoms with Crippen LogP contribution in [-0.4, -0.2) is 46.5 Å². The van der Waals surface area contributed by atoms with Crippen LogP contribution in [-0.2, 0) is 22.6 Å². The van der Waals surface area contributed by atoms with Crippen LogP contribution in [0, 0.1) is 31.1 Å². The lowest BCUT2D eigenvalue weighted by Crippen LogP contribution is -2.38. The summed E-state index contributed by atoms with van der Waals surface area (Å²) in [6.07, 6.45) is 2.08. The number of hydrogen-bond donors (Lipinski definition) is 2. The van der Waals surface area contributed by atoms with Gasteiger partial charge in [-0.05, 0) is 58.4 Å². The van der Waals surface area contributed by atoms with Gasteiger partial charge in [-0.3, -0.25) is 9.78 Å². The molecule has 1 fully saturated rings. The number of rotatable bonds is 6. The van der Waals surface area contributed by atoms with Crippen molar-refractivity contribution in [2.45, 2.75) is 93.8 Å². The molecule has 0 aliphatic carbocycles. The van der Waals surface area contributed by atoms with Crippen molar-refractivity contribution < 1.29 is 19.7 Å². The predicted octanol–water partition coefficient (Wildman–Crippen LogP) is 6.32. The van der Waals surface area contributed by atoms with Crippen LogP contribution in [0.15, 0.2) is 30.3 Å². The molecule has 1 aliphatic heterocycles. The van der Waals surface area contributed by atoms with Crippen LogP contribution in [0.2, 0.25) is 0 Å². The smallest absolute Gasteiger partial charge is 0.307 e. The van der Waals surface area contributed by atoms with E-state index in [4.69, 9.17) is 9.84 Å². The van der Waals surface area contributed by atoms with Crippen LogP contribution in [0.25, 0.3) is 0 Å². The Morgan fingerprint density at radius 1 is 1.08 bits per heavy atom. The Kier molecular flexibility index (Phi) is 13.5. The summed E-state index contributed by atoms with van der Waals surface area (Å²) in [5.74, 6) is 5.53. The number of pyridine rings is 1. The van der Waals surface area contributed by atoms with Gasteiger partial charge < -0.3 is 19.8 Å². The fourth-order valence-electron chi connectivity index (χ4n) is 3.98. The van der Waals surface area contributed by atoms with Gasteiger partial charge in [-0.15, -0.1) is 0 Å². The molecule has 1 aromatic carbocycles. The fraction of sp³-hybridized carbons (Fsp3) is 0.562. The Morgan fingerprint density at radius 3 is 2.16 bits per heavy atom. The molecule has 0 bridgehead atoms. The largest absolute Gasteiger partial charge is 0.481 e. The summed E-state index contributed by atoms with van der Waals surface area (Å²) in [7, 11) is 0. The highest BCUT2D eigenvalue weighted by Crippen LogP contribution is 2.36. The lowest BCUT2D eigenvalue weighted by Gasteiger charge is -2.39. The van der Waals surface area contributed by atoms with E-state index in [0.717, 1.165) is 59.7 Å². The normalized spacial score (nSPS) is 14.2. The number of hydrogen-bond acceptors (Lipinski definition) is 5. The third-order valence-electron chi connectivity index (χ3n) is 5.92. The molecule has 210 valence electrons. The number of anilines is 1. The quantitative estimate of drug-likeness (QED) is 0.340. The molecular weight excluding hydrogens is 476 g/mol. The van der Waals surface area contributed by atoms with Gasteiger partial charge in [0.25, 0.3) is 0 Å². The third-order valence-corrected chi connectivity index (χ3v) is 5.92. The van der Waals surface area contributed by atoms with E-state index in [1.165, 1.54) is 0 Å². The molecular formula is C32H48N2O4. The minimum atomic E-state index is -0.850. The minimum Gasteiger partial charge on any atom is -0.481 e. The SMILES string of the molecule is CC.CC(C)(C)O.Cc1nc(C)c(CC(=O)O)c(N2CCC(C)(C)CC2)c1C#CCOCc1ccccc1. The van der Waals surface area contributed by atoms with E-state index in [1.807, 2.05) is 58.0 Å². The van der Waals surface area contributed by atoms with Gasteiger partial charge in [-0.1, -0.05) is 69.9 Å². The molecule has 6 nitrogen and oxygen atoms in total. The van der Waals surface area contributed by atoms with E-state index in [9.17, 15) is 9.90 Å². The van der Waals surface area contributed by atoms with Crippen molar-refractivity contribution in [1.29, 1.82) is 0 Å². The lowest BCUT2D eigenvalue weighted by atomic mass is 9.82. The summed E-state index contributed by atoms with van der Waals surface area (Å²) in [6.45, 7) is 20.2. The number of carboxylic acids is 1. The summed E-state index contributed by atoms with van der Waals surface area (Å²) < 4.78 is 5.71. The number of carboxylic acid groups (broad SMARTS) is 1. The number of aryl methyl sites for hydroxylation is 2. The first-order chi connectivity index (χ1) is 17.8. The second-order valence-corrected chi connectivity index (χ2v) is 11.2. The van der Waals surface area contributed by atoms with Crippen molar-refractivity contribution in [2.24, 2.45) is 5.41 Å². The molecule has 0 radical (unpaired) electrons. The minimum absolute atomic E-state index is 0.0481. The number of aromatic nitrogens is 1. The summed E-state index contributed by atoms with van der Waals surface area (Å²) >= 11 is 0. The first-order valence-corrected chi connectivity index (χ1v) is 13.6. The van der Waals surface area contributed by atoms with Gasteiger partial charge >= 0.3 is 5.97 Å². The fourth-order valence-corrected chi connectivity index (χ4v) is 3.98. The van der Waals surface area contributed by atoms with Gasteiger partial charge in [0.15, 0.2) is 0 Å². The van der Waals surface area contributed by atoms with E-state index in [2.05, 4.69) is 35.6 Å². The van der Waals surface area contributed by atoms with Gasteiger partial charge in [0, 0.05) is 24.3 Å². The van der Waals surface area contributed by atoms with Crippen LogP contribution >= 0.6 is 0 Å². The maximum atomic E-state index is 11.6. The number of ether oxygens (including phenoxy) is 1. The molecule has 3 rings (SSSR count). The number of carbonyl (C=O) groups is 1. The third kappa shape index (κ3) is 12.1. The molecule has 2 heterocycles. The summed E-state index contributed by atoms with van der Waals surface area (Å²) in [4.78, 5) is 18.5. The number of benzene rings is 1. The van der Waals surface area contributed by atoms with Gasteiger partial charge in [-0.2, -0.15) is 0 Å². The van der Waals surface area contributed by atoms with Crippen LogP contribution < -0.4 is 4.90 Å². The van der Waals surface area contributed by atoms with E-state index in [-0.39, 0.29) is 6.42 Å². The molecule has 0 spiro atoms. The number of aliphatic hydroxyl groups is 1. The van der Waals surface area contributed by atoms with Crippen molar-refractivity contribution in [3.05, 3.63) is 58.4 Å². The Balaban J connectivity index is 0.000000924. The highest BCUT2D eigenvalue weighted by Gasteiger charge is 2.29. The Hall–Kier alpha value is -2.88. The number of piperidine rings is 1. The van der Waals surface area contributed by atoms with Gasteiger partial charge in [0.1, 0.15) is 6.61 Å². The Morgan fingerprint density at radius 2 is 1.63 bits per heavy atom. The molecule has 6 heteroatoms. The highest BCUT2D eigenvalue weighted by atomic mass is 16.5. The molecule has 2 N–H and O–H groups in total. The number of nitrogens with zero attached hydrogens (tertiary/aromatic N) is 2. The van der Waals surface area contributed by atoms with Gasteiger partial charge in [-0.25, -0.2) is 0 Å². The lowest BCUT2D eigenvalue weighted by molar-refractivity contribution is -0.136. The van der Waals surface area contributed by atoms with Crippen LogP contribution in [0.5, 0.6) is 0 Å². The molecule has 38 heavy (non-hydrogen) atoms. The molecule has 1 aromatic heterocycles. The number of aliphatic carboxylic acids is 1. The summed E-state index contributed by atoms with van der Waals surface area (Å²) in [5.41, 5.74) is 5.05. The monoisotopic (exact) mass is 524 g/mol. The van der Waals surface area contributed by atoms with Crippen LogP contribution in [0.3, 0.4) is 0 Å². The van der Waals surface area contributed by atoms with Crippen molar-refractivity contribution in [1.82, 2.24) is 4.98 Å². The van der Waals surface area contributed by atoms with Crippen molar-refractivity contribution in [3.63, 3.8) is 0 Å². The summed E-state index contributed by atoms with van der Waals surface area (Å²) in [6, 6.07) is 10.0. The molecule has 2 aromatic rings. The second kappa shape index (κ2) is 15.5. The van der Waals surface area contributed by atoms with E-state index in [0.29, 0.717) is 18.6 Å². The molecule has 0 unspecified atom stereocenters. The second-order valence-electron chi connectivity index (χ2n) is 11.2. The van der Waals surface area contributed by atoms with Crippen LogP contribution in [0.1, 0.15) is 89.4 Å². The van der Waals surface area contributed by atoms with Gasteiger partial charge in [0.2, 0.25) is 0 Å². The van der Waals surface area contributed by atoms with E-state index >= 15 is 0 Å². The maximum absolute atomic E-state index is 11.6. The first-order valence-electron chi connectivity index (χ1n) is 13.6. The molecule has 0 atom stereocenters. The summed E-state index contributed by atoms with van der Waals surface area (Å²) in [5, 5.41) is 18.0. The Labute approximate surface area is 230 Å². The zero-order valence-corrected chi connectivity index (χ0v) is 24.9. The average Bonchev–Trinajstić information content (AvgIpc) is 2.82. The molecule has 0 amide bonds. The average molecular weight is 525 g/mol. The zero-order chi connectivity index (χ0) is 28.9. The van der Waals surface area contributed by atoms with E-state index in [1.54, 1.807) is 20.8 Å². The van der Waals surface area contributed by atoms with Crippen molar-refractivity contribution in [2.75, 3.05) is 24.6 Å². The van der Waals surface area contributed by atoms with Crippen LogP contribution in [0.4, 0.5) is 5.69 Å². The molecule has 1 aliphatic rings. The van der Waals surface area contributed by atoms with Gasteiger partial charge in [0.05, 0.1) is 35.6 Å². The highest BCUT2D eigenvalue weighted by molar-refractivity contribution is 5.77. The topological polar surface area (TPSA) is 82.9 Å². The maximum Gasteiger partial charge on any atom is 0.307 e. The molecule has 0 saturated carbocycles. The van der Waals surface area contributed by atoms with E-state index < -0.39 is 11.6 Å².